The van der Waals surface area contributed by atoms with Crippen molar-refractivity contribution in [1.29, 1.82) is 0 Å². The highest BCUT2D eigenvalue weighted by atomic mass is 16.5. The molecule has 3 heterocycles. The molecule has 6 heteroatoms. The van der Waals surface area contributed by atoms with Crippen molar-refractivity contribution >= 4 is 22.7 Å². The van der Waals surface area contributed by atoms with E-state index >= 15 is 0 Å². The number of nitrogens with zero attached hydrogens (tertiary/aromatic N) is 2. The minimum absolute atomic E-state index is 0.0564. The van der Waals surface area contributed by atoms with Crippen LogP contribution in [0.15, 0.2) is 63.9 Å². The minimum atomic E-state index is -0.676. The van der Waals surface area contributed by atoms with Gasteiger partial charge in [-0.15, -0.1) is 0 Å². The Labute approximate surface area is 185 Å². The zero-order chi connectivity index (χ0) is 22.6. The molecule has 1 unspecified atom stereocenters. The third-order valence-corrected chi connectivity index (χ3v) is 6.04. The SMILES string of the molecule is COc1cccc(C2c3c(oc4cc(C)c(C)cc4c3=O)C(=O)N2c2ccc(C)cn2)c1. The Hall–Kier alpha value is -3.93. The number of carbonyl (C=O) groups excluding carboxylic acids is 1. The Bertz CT molecular complexity index is 1440. The van der Waals surface area contributed by atoms with E-state index < -0.39 is 6.04 Å². The van der Waals surface area contributed by atoms with Crippen LogP contribution in [0.1, 0.15) is 44.4 Å². The van der Waals surface area contributed by atoms with Gasteiger partial charge in [0.2, 0.25) is 5.76 Å². The predicted molar refractivity (Wildman–Crippen MR) is 123 cm³/mol. The van der Waals surface area contributed by atoms with E-state index in [1.165, 1.54) is 4.90 Å². The van der Waals surface area contributed by atoms with Gasteiger partial charge in [-0.25, -0.2) is 4.98 Å². The van der Waals surface area contributed by atoms with Crippen molar-refractivity contribution in [1.82, 2.24) is 4.98 Å². The summed E-state index contributed by atoms with van der Waals surface area (Å²) in [7, 11) is 1.58. The third kappa shape index (κ3) is 2.99. The van der Waals surface area contributed by atoms with Gasteiger partial charge in [0.1, 0.15) is 17.2 Å². The summed E-state index contributed by atoms with van der Waals surface area (Å²) in [6, 6.07) is 14.0. The molecule has 32 heavy (non-hydrogen) atoms. The minimum Gasteiger partial charge on any atom is -0.497 e. The molecule has 1 atom stereocenters. The molecule has 5 rings (SSSR count). The Balaban J connectivity index is 1.82. The fourth-order valence-corrected chi connectivity index (χ4v) is 4.19. The van der Waals surface area contributed by atoms with Gasteiger partial charge in [-0.2, -0.15) is 0 Å². The molecular weight excluding hydrogens is 404 g/mol. The van der Waals surface area contributed by atoms with Crippen molar-refractivity contribution in [3.05, 3.63) is 98.5 Å². The topological polar surface area (TPSA) is 72.6 Å². The lowest BCUT2D eigenvalue weighted by molar-refractivity contribution is 0.0970. The van der Waals surface area contributed by atoms with Crippen LogP contribution in [-0.4, -0.2) is 18.0 Å². The van der Waals surface area contributed by atoms with Gasteiger partial charge in [0.05, 0.1) is 24.1 Å². The first-order chi connectivity index (χ1) is 15.4. The van der Waals surface area contributed by atoms with Crippen molar-refractivity contribution in [3.63, 3.8) is 0 Å². The number of hydrogen-bond acceptors (Lipinski definition) is 5. The largest absolute Gasteiger partial charge is 0.497 e. The molecule has 2 aromatic carbocycles. The molecule has 0 bridgehead atoms. The Morgan fingerprint density at radius 2 is 1.78 bits per heavy atom. The van der Waals surface area contributed by atoms with Crippen molar-refractivity contribution in [3.8, 4) is 5.75 Å². The number of amides is 1. The maximum absolute atomic E-state index is 13.7. The van der Waals surface area contributed by atoms with Crippen LogP contribution in [0.4, 0.5) is 5.82 Å². The highest BCUT2D eigenvalue weighted by Gasteiger charge is 2.44. The molecule has 1 aliphatic rings. The summed E-state index contributed by atoms with van der Waals surface area (Å²) >= 11 is 0. The predicted octanol–water partition coefficient (Wildman–Crippen LogP) is 4.87. The molecule has 1 aliphatic heterocycles. The van der Waals surface area contributed by atoms with E-state index in [0.717, 1.165) is 22.3 Å². The molecule has 0 fully saturated rings. The van der Waals surface area contributed by atoms with Crippen molar-refractivity contribution in [2.45, 2.75) is 26.8 Å². The zero-order valence-electron chi connectivity index (χ0n) is 18.3. The van der Waals surface area contributed by atoms with Crippen LogP contribution in [0.3, 0.4) is 0 Å². The number of benzene rings is 2. The number of carbonyl (C=O) groups is 1. The van der Waals surface area contributed by atoms with Crippen LogP contribution < -0.4 is 15.1 Å². The standard InChI is InChI=1S/C26H22N2O4/c1-14-8-9-21(27-13-14)28-23(17-6-5-7-18(12-17)31-4)22-24(29)19-10-15(2)16(3)11-20(19)32-25(22)26(28)30/h5-13,23H,1-4H3. The normalized spacial score (nSPS) is 15.3. The van der Waals surface area contributed by atoms with Crippen LogP contribution in [0.5, 0.6) is 5.75 Å². The van der Waals surface area contributed by atoms with Gasteiger partial charge in [-0.05, 0) is 73.4 Å². The number of hydrogen-bond donors (Lipinski definition) is 0. The molecule has 1 amide bonds. The highest BCUT2D eigenvalue weighted by molar-refractivity contribution is 6.10. The zero-order valence-corrected chi connectivity index (χ0v) is 18.3. The number of pyridine rings is 1. The van der Waals surface area contributed by atoms with Gasteiger partial charge < -0.3 is 9.15 Å². The maximum atomic E-state index is 13.7. The van der Waals surface area contributed by atoms with Crippen LogP contribution in [0.25, 0.3) is 11.0 Å². The fourth-order valence-electron chi connectivity index (χ4n) is 4.19. The molecule has 0 radical (unpaired) electrons. The Kier molecular flexibility index (Phi) is 4.59. The number of anilines is 1. The Morgan fingerprint density at radius 3 is 2.50 bits per heavy atom. The molecule has 0 N–H and O–H groups in total. The van der Waals surface area contributed by atoms with Gasteiger partial charge in [-0.3, -0.25) is 14.5 Å². The molecule has 2 aromatic heterocycles. The lowest BCUT2D eigenvalue weighted by Gasteiger charge is -2.24. The summed E-state index contributed by atoms with van der Waals surface area (Å²) in [5.41, 5.74) is 4.22. The first-order valence-corrected chi connectivity index (χ1v) is 10.4. The van der Waals surface area contributed by atoms with Crippen molar-refractivity contribution in [2.75, 3.05) is 12.0 Å². The average Bonchev–Trinajstić information content (AvgIpc) is 3.08. The van der Waals surface area contributed by atoms with Crippen molar-refractivity contribution in [2.24, 2.45) is 0 Å². The lowest BCUT2D eigenvalue weighted by atomic mass is 9.97. The number of methoxy groups -OCH3 is 1. The van der Waals surface area contributed by atoms with Crippen LogP contribution in [0, 0.1) is 20.8 Å². The first kappa shape index (κ1) is 20.0. The Morgan fingerprint density at radius 1 is 1.00 bits per heavy atom. The van der Waals surface area contributed by atoms with E-state index in [-0.39, 0.29) is 17.1 Å². The number of ether oxygens (including phenoxy) is 1. The summed E-state index contributed by atoms with van der Waals surface area (Å²) in [5, 5.41) is 0.464. The molecular formula is C26H22N2O4. The first-order valence-electron chi connectivity index (χ1n) is 10.4. The molecule has 160 valence electrons. The second-order valence-corrected chi connectivity index (χ2v) is 8.15. The highest BCUT2D eigenvalue weighted by Crippen LogP contribution is 2.41. The van der Waals surface area contributed by atoms with Crippen LogP contribution >= 0.6 is 0 Å². The number of aromatic nitrogens is 1. The smallest absolute Gasteiger partial charge is 0.296 e. The number of aryl methyl sites for hydroxylation is 3. The van der Waals surface area contributed by atoms with E-state index in [1.54, 1.807) is 19.4 Å². The quantitative estimate of drug-likeness (QED) is 0.467. The number of rotatable bonds is 3. The summed E-state index contributed by atoms with van der Waals surface area (Å²) in [6.07, 6.45) is 1.70. The van der Waals surface area contributed by atoms with Gasteiger partial charge in [0.25, 0.3) is 5.91 Å². The molecule has 0 aliphatic carbocycles. The molecule has 4 aromatic rings. The number of fused-ring (bicyclic) bond motifs is 2. The van der Waals surface area contributed by atoms with Gasteiger partial charge in [-0.1, -0.05) is 18.2 Å². The second kappa shape index (κ2) is 7.34. The van der Waals surface area contributed by atoms with Crippen molar-refractivity contribution < 1.29 is 13.9 Å². The summed E-state index contributed by atoms with van der Waals surface area (Å²) in [4.78, 5) is 33.3. The molecule has 0 saturated carbocycles. The van der Waals surface area contributed by atoms with E-state index in [9.17, 15) is 9.59 Å². The van der Waals surface area contributed by atoms with E-state index in [1.807, 2.05) is 63.2 Å². The fraction of sp³-hybridized carbons (Fsp3) is 0.192. The molecule has 6 nitrogen and oxygen atoms in total. The van der Waals surface area contributed by atoms with Gasteiger partial charge in [0, 0.05) is 6.20 Å². The van der Waals surface area contributed by atoms with Crippen LogP contribution in [-0.2, 0) is 0 Å². The summed E-state index contributed by atoms with van der Waals surface area (Å²) in [5.74, 6) is 0.759. The molecule has 0 saturated heterocycles. The van der Waals surface area contributed by atoms with E-state index in [2.05, 4.69) is 4.98 Å². The van der Waals surface area contributed by atoms with E-state index in [4.69, 9.17) is 9.15 Å². The van der Waals surface area contributed by atoms with Crippen LogP contribution in [0.2, 0.25) is 0 Å². The third-order valence-electron chi connectivity index (χ3n) is 6.04. The maximum Gasteiger partial charge on any atom is 0.296 e. The van der Waals surface area contributed by atoms with Gasteiger partial charge in [0.15, 0.2) is 5.43 Å². The summed E-state index contributed by atoms with van der Waals surface area (Å²) < 4.78 is 11.5. The average molecular weight is 426 g/mol. The lowest BCUT2D eigenvalue weighted by Crippen LogP contribution is -2.30. The summed E-state index contributed by atoms with van der Waals surface area (Å²) in [6.45, 7) is 5.83. The second-order valence-electron chi connectivity index (χ2n) is 8.15. The molecule has 0 spiro atoms. The monoisotopic (exact) mass is 426 g/mol. The van der Waals surface area contributed by atoms with E-state index in [0.29, 0.717) is 28.1 Å². The van der Waals surface area contributed by atoms with Gasteiger partial charge >= 0.3 is 0 Å².